The van der Waals surface area contributed by atoms with Crippen molar-refractivity contribution < 1.29 is 4.79 Å². The predicted molar refractivity (Wildman–Crippen MR) is 104 cm³/mol. The van der Waals surface area contributed by atoms with E-state index in [0.29, 0.717) is 18.1 Å². The molecule has 6 heteroatoms. The van der Waals surface area contributed by atoms with E-state index in [4.69, 9.17) is 0 Å². The monoisotopic (exact) mass is 357 g/mol. The highest BCUT2D eigenvalue weighted by Crippen LogP contribution is 2.26. The summed E-state index contributed by atoms with van der Waals surface area (Å²) in [6.07, 6.45) is 3.42. The average Bonchev–Trinajstić information content (AvgIpc) is 3.38. The third-order valence-electron chi connectivity index (χ3n) is 4.30. The first kappa shape index (κ1) is 16.8. The van der Waals surface area contributed by atoms with Gasteiger partial charge in [0.05, 0.1) is 6.54 Å². The number of anilines is 1. The molecule has 0 atom stereocenters. The smallest absolute Gasteiger partial charge is 0.279 e. The Morgan fingerprint density at radius 2 is 1.85 bits per heavy atom. The molecule has 0 saturated heterocycles. The molecular weight excluding hydrogens is 338 g/mol. The van der Waals surface area contributed by atoms with Gasteiger partial charge in [-0.25, -0.2) is 4.98 Å². The van der Waals surface area contributed by atoms with Gasteiger partial charge in [-0.1, -0.05) is 42.5 Å². The normalized spacial score (nSPS) is 10.7. The number of carbonyl (C=O) groups excluding carboxylic acids is 1. The fourth-order valence-corrected chi connectivity index (χ4v) is 2.96. The fraction of sp³-hybridized carbons (Fsp3) is 0.0952. The molecular formula is C21H19N5O. The fourth-order valence-electron chi connectivity index (χ4n) is 2.96. The van der Waals surface area contributed by atoms with E-state index >= 15 is 0 Å². The van der Waals surface area contributed by atoms with Gasteiger partial charge in [0.1, 0.15) is 5.82 Å². The summed E-state index contributed by atoms with van der Waals surface area (Å²) in [6, 6.07) is 19.8. The highest BCUT2D eigenvalue weighted by molar-refractivity contribution is 6.05. The molecule has 0 aliphatic carbocycles. The maximum absolute atomic E-state index is 13.1. The first-order valence-corrected chi connectivity index (χ1v) is 8.68. The summed E-state index contributed by atoms with van der Waals surface area (Å²) in [5.74, 6) is 0.529. The van der Waals surface area contributed by atoms with Crippen LogP contribution in [0.3, 0.4) is 0 Å². The Balaban J connectivity index is 1.73. The average molecular weight is 357 g/mol. The van der Waals surface area contributed by atoms with E-state index in [1.807, 2.05) is 49.4 Å². The van der Waals surface area contributed by atoms with Crippen LogP contribution in [-0.4, -0.2) is 26.1 Å². The van der Waals surface area contributed by atoms with Gasteiger partial charge in [0.25, 0.3) is 5.91 Å². The Labute approximate surface area is 156 Å². The van der Waals surface area contributed by atoms with E-state index in [9.17, 15) is 4.79 Å². The first-order valence-electron chi connectivity index (χ1n) is 8.68. The molecule has 0 radical (unpaired) electrons. The molecule has 6 nitrogen and oxygen atoms in total. The number of H-pyrrole nitrogens is 2. The van der Waals surface area contributed by atoms with Crippen LogP contribution >= 0.6 is 0 Å². The van der Waals surface area contributed by atoms with Crippen molar-refractivity contribution in [2.75, 3.05) is 4.90 Å². The van der Waals surface area contributed by atoms with Crippen molar-refractivity contribution in [2.24, 2.45) is 0 Å². The number of hydrogen-bond acceptors (Lipinski definition) is 3. The van der Waals surface area contributed by atoms with E-state index in [0.717, 1.165) is 22.5 Å². The number of nitrogens with zero attached hydrogens (tertiary/aromatic N) is 3. The highest BCUT2D eigenvalue weighted by atomic mass is 16.2. The van der Waals surface area contributed by atoms with Crippen LogP contribution in [0, 0.1) is 6.92 Å². The lowest BCUT2D eigenvalue weighted by Gasteiger charge is -2.21. The van der Waals surface area contributed by atoms with Gasteiger partial charge in [0.2, 0.25) is 0 Å². The summed E-state index contributed by atoms with van der Waals surface area (Å²) in [6.45, 7) is 2.20. The Kier molecular flexibility index (Phi) is 4.53. The Hall–Kier alpha value is -3.67. The van der Waals surface area contributed by atoms with Crippen LogP contribution in [0.25, 0.3) is 11.1 Å². The van der Waals surface area contributed by atoms with Crippen LogP contribution < -0.4 is 4.90 Å². The number of aromatic amines is 2. The van der Waals surface area contributed by atoms with E-state index in [-0.39, 0.29) is 5.91 Å². The lowest BCUT2D eigenvalue weighted by atomic mass is 10.0. The van der Waals surface area contributed by atoms with Crippen molar-refractivity contribution >= 4 is 11.6 Å². The van der Waals surface area contributed by atoms with E-state index in [1.165, 1.54) is 0 Å². The van der Waals surface area contributed by atoms with Gasteiger partial charge in [0, 0.05) is 23.8 Å². The van der Waals surface area contributed by atoms with Crippen LogP contribution in [0.15, 0.2) is 73.1 Å². The van der Waals surface area contributed by atoms with E-state index < -0.39 is 0 Å². The molecule has 2 aromatic carbocycles. The molecule has 0 aliphatic rings. The molecule has 0 saturated carbocycles. The quantitative estimate of drug-likeness (QED) is 0.568. The van der Waals surface area contributed by atoms with Gasteiger partial charge in [-0.05, 0) is 36.2 Å². The van der Waals surface area contributed by atoms with Crippen molar-refractivity contribution in [3.05, 3.63) is 90.3 Å². The van der Waals surface area contributed by atoms with Crippen molar-refractivity contribution in [1.82, 2.24) is 20.2 Å². The minimum absolute atomic E-state index is 0.180. The Morgan fingerprint density at radius 1 is 1.04 bits per heavy atom. The summed E-state index contributed by atoms with van der Waals surface area (Å²) >= 11 is 0. The number of nitrogens with one attached hydrogen (secondary N) is 2. The maximum atomic E-state index is 13.1. The molecule has 2 N–H and O–H groups in total. The number of aryl methyl sites for hydroxylation is 1. The van der Waals surface area contributed by atoms with Crippen molar-refractivity contribution in [1.29, 1.82) is 0 Å². The third kappa shape index (κ3) is 3.64. The minimum Gasteiger partial charge on any atom is -0.347 e. The zero-order valence-corrected chi connectivity index (χ0v) is 14.9. The van der Waals surface area contributed by atoms with Gasteiger partial charge >= 0.3 is 0 Å². The van der Waals surface area contributed by atoms with E-state index in [1.54, 1.807) is 23.4 Å². The summed E-state index contributed by atoms with van der Waals surface area (Å²) in [5.41, 5.74) is 4.15. The largest absolute Gasteiger partial charge is 0.347 e. The topological polar surface area (TPSA) is 77.7 Å². The van der Waals surface area contributed by atoms with Gasteiger partial charge in [0.15, 0.2) is 5.69 Å². The molecule has 134 valence electrons. The van der Waals surface area contributed by atoms with Gasteiger partial charge < -0.3 is 4.98 Å². The molecule has 4 aromatic rings. The molecule has 0 spiro atoms. The van der Waals surface area contributed by atoms with Crippen molar-refractivity contribution in [2.45, 2.75) is 13.5 Å². The summed E-state index contributed by atoms with van der Waals surface area (Å²) < 4.78 is 0. The zero-order chi connectivity index (χ0) is 18.6. The van der Waals surface area contributed by atoms with Crippen LogP contribution in [-0.2, 0) is 6.54 Å². The number of rotatable bonds is 5. The summed E-state index contributed by atoms with van der Waals surface area (Å²) in [4.78, 5) is 22.1. The summed E-state index contributed by atoms with van der Waals surface area (Å²) in [7, 11) is 0. The molecule has 0 unspecified atom stereocenters. The number of amides is 1. The van der Waals surface area contributed by atoms with Crippen LogP contribution in [0.2, 0.25) is 0 Å². The lowest BCUT2D eigenvalue weighted by Crippen LogP contribution is -2.31. The zero-order valence-electron chi connectivity index (χ0n) is 14.9. The minimum atomic E-state index is -0.180. The second kappa shape index (κ2) is 7.29. The van der Waals surface area contributed by atoms with Gasteiger partial charge in [-0.2, -0.15) is 5.10 Å². The SMILES string of the molecule is Cc1cc(C(=O)N(Cc2ncc[nH]2)c2cccc(-c3ccccc3)c2)n[nH]1. The lowest BCUT2D eigenvalue weighted by molar-refractivity contribution is 0.0979. The van der Waals surface area contributed by atoms with Crippen LogP contribution in [0.1, 0.15) is 22.0 Å². The van der Waals surface area contributed by atoms with Gasteiger partial charge in [-0.3, -0.25) is 14.8 Å². The number of benzene rings is 2. The number of imidazole rings is 1. The molecule has 0 bridgehead atoms. The standard InChI is InChI=1S/C21H19N5O/c1-15-12-19(25-24-15)21(27)26(14-20-22-10-11-23-20)18-9-5-8-17(13-18)16-6-3-2-4-7-16/h2-13H,14H2,1H3,(H,22,23)(H,24,25). The molecule has 0 aliphatic heterocycles. The maximum Gasteiger partial charge on any atom is 0.279 e. The first-order chi connectivity index (χ1) is 13.2. The number of carbonyl (C=O) groups is 1. The van der Waals surface area contributed by atoms with Gasteiger partial charge in [-0.15, -0.1) is 0 Å². The van der Waals surface area contributed by atoms with Crippen molar-refractivity contribution in [3.8, 4) is 11.1 Å². The van der Waals surface area contributed by atoms with E-state index in [2.05, 4.69) is 32.3 Å². The van der Waals surface area contributed by atoms with Crippen LogP contribution in [0.4, 0.5) is 5.69 Å². The number of hydrogen-bond donors (Lipinski definition) is 2. The molecule has 1 amide bonds. The molecule has 4 rings (SSSR count). The summed E-state index contributed by atoms with van der Waals surface area (Å²) in [5, 5.41) is 6.96. The third-order valence-corrected chi connectivity index (χ3v) is 4.30. The molecule has 0 fully saturated rings. The second-order valence-electron chi connectivity index (χ2n) is 6.28. The highest BCUT2D eigenvalue weighted by Gasteiger charge is 2.21. The Bertz CT molecular complexity index is 1040. The molecule has 2 aromatic heterocycles. The number of aromatic nitrogens is 4. The van der Waals surface area contributed by atoms with Crippen molar-refractivity contribution in [3.63, 3.8) is 0 Å². The Morgan fingerprint density at radius 3 is 2.56 bits per heavy atom. The van der Waals surface area contributed by atoms with Crippen LogP contribution in [0.5, 0.6) is 0 Å². The second-order valence-corrected chi connectivity index (χ2v) is 6.28. The molecule has 27 heavy (non-hydrogen) atoms. The molecule has 2 heterocycles. The predicted octanol–water partition coefficient (Wildman–Crippen LogP) is 3.96.